The van der Waals surface area contributed by atoms with Gasteiger partial charge in [0.05, 0.1) is 0 Å². The van der Waals surface area contributed by atoms with Crippen LogP contribution in [0, 0.1) is 0 Å². The number of allylic oxidation sites excluding steroid dienone is 2. The summed E-state index contributed by atoms with van der Waals surface area (Å²) in [7, 11) is 0. The van der Waals surface area contributed by atoms with Crippen LogP contribution in [0.5, 0.6) is 0 Å². The second-order valence-electron chi connectivity index (χ2n) is 8.24. The van der Waals surface area contributed by atoms with Crippen LogP contribution in [0.4, 0.5) is 0 Å². The summed E-state index contributed by atoms with van der Waals surface area (Å²) in [6.07, 6.45) is 5.64. The van der Waals surface area contributed by atoms with Gasteiger partial charge in [-0.1, -0.05) is 67.1 Å². The van der Waals surface area contributed by atoms with Crippen molar-refractivity contribution in [3.8, 4) is 0 Å². The lowest BCUT2D eigenvalue weighted by atomic mass is 9.95. The summed E-state index contributed by atoms with van der Waals surface area (Å²) in [5, 5.41) is 14.7. The van der Waals surface area contributed by atoms with Crippen molar-refractivity contribution in [3.63, 3.8) is 0 Å². The number of quaternary nitrogens is 1. The average molecular weight is 451 g/mol. The summed E-state index contributed by atoms with van der Waals surface area (Å²) < 4.78 is 6.26. The van der Waals surface area contributed by atoms with Crippen LogP contribution in [-0.2, 0) is 14.3 Å². The smallest absolute Gasteiger partial charge is 0.384 e. The molecule has 1 aliphatic rings. The molecule has 2 atom stereocenters. The number of benzene rings is 2. The van der Waals surface area contributed by atoms with Crippen molar-refractivity contribution in [1.82, 2.24) is 10.6 Å². The van der Waals surface area contributed by atoms with Gasteiger partial charge in [0.25, 0.3) is 6.17 Å². The lowest BCUT2D eigenvalue weighted by Gasteiger charge is -2.34. The molecule has 6 N–H and O–H groups in total. The van der Waals surface area contributed by atoms with E-state index in [1.54, 1.807) is 0 Å². The van der Waals surface area contributed by atoms with Crippen LogP contribution in [0.15, 0.2) is 72.8 Å². The third-order valence-corrected chi connectivity index (χ3v) is 5.39. The van der Waals surface area contributed by atoms with E-state index in [9.17, 15) is 9.59 Å². The molecule has 2 unspecified atom stereocenters. The van der Waals surface area contributed by atoms with E-state index in [0.29, 0.717) is 13.0 Å². The largest absolute Gasteiger partial charge is 0.475 e. The first kappa shape index (κ1) is 24.2. The number of dihydropyridines is 1. The van der Waals surface area contributed by atoms with Crippen LogP contribution in [0.25, 0.3) is 11.3 Å². The van der Waals surface area contributed by atoms with E-state index in [1.807, 2.05) is 43.3 Å². The van der Waals surface area contributed by atoms with Gasteiger partial charge in [0.2, 0.25) is 5.91 Å². The molecule has 0 aliphatic carbocycles. The Labute approximate surface area is 194 Å². The molecule has 1 amide bonds. The topological polar surface area (TPSA) is 115 Å². The molecule has 0 radical (unpaired) electrons. The first-order chi connectivity index (χ1) is 15.9. The second kappa shape index (κ2) is 11.4. The Kier molecular flexibility index (Phi) is 8.40. The first-order valence-corrected chi connectivity index (χ1v) is 11.2. The zero-order valence-electron chi connectivity index (χ0n) is 18.9. The SMILES string of the molecule is CC1(OCCCCCC(=O)NC([NH3+])C(=O)O)C=C(c2ccccc2)C=C(c2ccccc2)N1. The number of unbranched alkanes of at least 4 members (excludes halogenated alkanes) is 2. The molecule has 7 heteroatoms. The molecule has 2 aromatic rings. The van der Waals surface area contributed by atoms with Gasteiger partial charge < -0.3 is 20.9 Å². The van der Waals surface area contributed by atoms with E-state index in [0.717, 1.165) is 35.2 Å². The number of hydrogen-bond acceptors (Lipinski definition) is 4. The van der Waals surface area contributed by atoms with Crippen molar-refractivity contribution in [3.05, 3.63) is 83.9 Å². The number of aliphatic carboxylic acids is 1. The number of hydrogen-bond donors (Lipinski definition) is 4. The van der Waals surface area contributed by atoms with Crippen LogP contribution in [0.3, 0.4) is 0 Å². The minimum atomic E-state index is -1.14. The molecule has 0 saturated carbocycles. The molecule has 0 aromatic heterocycles. The Morgan fingerprint density at radius 3 is 2.30 bits per heavy atom. The maximum atomic E-state index is 11.8. The van der Waals surface area contributed by atoms with Gasteiger partial charge in [0.1, 0.15) is 0 Å². The fourth-order valence-corrected chi connectivity index (χ4v) is 3.66. The number of carbonyl (C=O) groups is 2. The predicted octanol–water partition coefficient (Wildman–Crippen LogP) is 2.78. The van der Waals surface area contributed by atoms with Gasteiger partial charge in [-0.05, 0) is 48.6 Å². The van der Waals surface area contributed by atoms with Crippen LogP contribution in [-0.4, -0.2) is 35.5 Å². The number of carboxylic acids is 1. The standard InChI is InChI=1S/C26H31N3O4/c1-26(33-16-10-4-9-15-23(30)28-24(27)25(31)32)18-21(19-11-5-2-6-12-19)17-22(29-26)20-13-7-3-8-14-20/h2-3,5-8,11-14,17-18,24,29H,4,9-10,15-16,27H2,1H3,(H,28,30)(H,31,32)/p+1. The zero-order valence-corrected chi connectivity index (χ0v) is 18.9. The lowest BCUT2D eigenvalue weighted by molar-refractivity contribution is -0.413. The van der Waals surface area contributed by atoms with E-state index >= 15 is 0 Å². The van der Waals surface area contributed by atoms with Gasteiger partial charge in [0.15, 0.2) is 5.72 Å². The zero-order chi connectivity index (χ0) is 23.7. The third-order valence-electron chi connectivity index (χ3n) is 5.39. The quantitative estimate of drug-likeness (QED) is 0.310. The van der Waals surface area contributed by atoms with Gasteiger partial charge in [-0.25, -0.2) is 4.79 Å². The fourth-order valence-electron chi connectivity index (χ4n) is 3.66. The van der Waals surface area contributed by atoms with Crippen molar-refractivity contribution in [2.45, 2.75) is 44.5 Å². The van der Waals surface area contributed by atoms with Crippen molar-refractivity contribution < 1.29 is 25.2 Å². The number of amides is 1. The maximum Gasteiger partial charge on any atom is 0.384 e. The normalized spacial score (nSPS) is 18.5. The van der Waals surface area contributed by atoms with Crippen LogP contribution >= 0.6 is 0 Å². The molecule has 1 aliphatic heterocycles. The summed E-state index contributed by atoms with van der Waals surface area (Å²) in [6.45, 7) is 2.54. The van der Waals surface area contributed by atoms with Crippen LogP contribution in [0.2, 0.25) is 0 Å². The first-order valence-electron chi connectivity index (χ1n) is 11.2. The summed E-state index contributed by atoms with van der Waals surface area (Å²) in [6, 6.07) is 20.4. The highest BCUT2D eigenvalue weighted by Crippen LogP contribution is 2.31. The molecular formula is C26H32N3O4+. The van der Waals surface area contributed by atoms with Gasteiger partial charge in [0, 0.05) is 18.7 Å². The fraction of sp³-hybridized carbons (Fsp3) is 0.308. The van der Waals surface area contributed by atoms with Crippen LogP contribution in [0.1, 0.15) is 43.7 Å². The maximum absolute atomic E-state index is 11.8. The van der Waals surface area contributed by atoms with E-state index in [1.165, 1.54) is 0 Å². The third kappa shape index (κ3) is 7.30. The highest BCUT2D eigenvalue weighted by Gasteiger charge is 2.28. The number of ether oxygens (including phenoxy) is 1. The average Bonchev–Trinajstić information content (AvgIpc) is 2.82. The van der Waals surface area contributed by atoms with Crippen molar-refractivity contribution >= 4 is 23.1 Å². The Morgan fingerprint density at radius 1 is 1.03 bits per heavy atom. The van der Waals surface area contributed by atoms with Gasteiger partial charge in [-0.15, -0.1) is 0 Å². The van der Waals surface area contributed by atoms with E-state index in [-0.39, 0.29) is 12.3 Å². The number of carboxylic acid groups (broad SMARTS) is 1. The van der Waals surface area contributed by atoms with Gasteiger partial charge in [-0.2, -0.15) is 0 Å². The Bertz CT molecular complexity index is 1000. The minimum Gasteiger partial charge on any atom is -0.475 e. The molecule has 7 nitrogen and oxygen atoms in total. The molecule has 2 aromatic carbocycles. The lowest BCUT2D eigenvalue weighted by Crippen LogP contribution is -2.72. The summed E-state index contributed by atoms with van der Waals surface area (Å²) in [4.78, 5) is 22.5. The van der Waals surface area contributed by atoms with E-state index in [2.05, 4.69) is 52.8 Å². The monoisotopic (exact) mass is 450 g/mol. The van der Waals surface area contributed by atoms with Gasteiger partial charge >= 0.3 is 5.97 Å². The molecular weight excluding hydrogens is 418 g/mol. The van der Waals surface area contributed by atoms with E-state index < -0.39 is 17.9 Å². The molecule has 1 heterocycles. The van der Waals surface area contributed by atoms with Crippen molar-refractivity contribution in [1.29, 1.82) is 0 Å². The van der Waals surface area contributed by atoms with Crippen LogP contribution < -0.4 is 16.4 Å². The molecule has 174 valence electrons. The highest BCUT2D eigenvalue weighted by molar-refractivity contribution is 5.86. The van der Waals surface area contributed by atoms with E-state index in [4.69, 9.17) is 9.84 Å². The summed E-state index contributed by atoms with van der Waals surface area (Å²) in [5.41, 5.74) is 7.01. The Hall–Kier alpha value is -3.42. The predicted molar refractivity (Wildman–Crippen MR) is 127 cm³/mol. The molecule has 0 bridgehead atoms. The highest BCUT2D eigenvalue weighted by atomic mass is 16.5. The van der Waals surface area contributed by atoms with Crippen molar-refractivity contribution in [2.75, 3.05) is 6.61 Å². The molecule has 33 heavy (non-hydrogen) atoms. The summed E-state index contributed by atoms with van der Waals surface area (Å²) in [5.74, 6) is -1.44. The van der Waals surface area contributed by atoms with Crippen molar-refractivity contribution in [2.24, 2.45) is 0 Å². The molecule has 0 fully saturated rings. The number of rotatable bonds is 11. The Morgan fingerprint density at radius 2 is 1.67 bits per heavy atom. The summed E-state index contributed by atoms with van der Waals surface area (Å²) >= 11 is 0. The number of carbonyl (C=O) groups excluding carboxylic acids is 1. The second-order valence-corrected chi connectivity index (χ2v) is 8.24. The van der Waals surface area contributed by atoms with Gasteiger partial charge in [-0.3, -0.25) is 10.1 Å². The Balaban J connectivity index is 1.56. The minimum absolute atomic E-state index is 0.272. The molecule has 0 spiro atoms. The molecule has 0 saturated heterocycles. The number of nitrogens with one attached hydrogen (secondary N) is 2. The molecule has 3 rings (SSSR count).